The summed E-state index contributed by atoms with van der Waals surface area (Å²) >= 11 is 1.22. The Labute approximate surface area is 195 Å². The van der Waals surface area contributed by atoms with Gasteiger partial charge in [0.2, 0.25) is 11.8 Å². The molecule has 33 heavy (non-hydrogen) atoms. The van der Waals surface area contributed by atoms with Gasteiger partial charge in [0.25, 0.3) is 5.91 Å². The molecule has 0 aliphatic carbocycles. The Hall–Kier alpha value is -3.63. The molecule has 3 amide bonds. The molecule has 0 aliphatic rings. The first-order valence-electron chi connectivity index (χ1n) is 10.3. The van der Waals surface area contributed by atoms with Crippen molar-refractivity contribution in [3.05, 3.63) is 77.1 Å². The van der Waals surface area contributed by atoms with Gasteiger partial charge in [0.15, 0.2) is 5.13 Å². The fourth-order valence-electron chi connectivity index (χ4n) is 2.91. The van der Waals surface area contributed by atoms with E-state index in [4.69, 9.17) is 4.74 Å². The van der Waals surface area contributed by atoms with Gasteiger partial charge in [-0.25, -0.2) is 4.98 Å². The molecule has 0 bridgehead atoms. The summed E-state index contributed by atoms with van der Waals surface area (Å²) in [5.74, 6) is -0.828. The zero-order chi connectivity index (χ0) is 23.5. The number of carbonyl (C=O) groups is 3. The van der Waals surface area contributed by atoms with Crippen molar-refractivity contribution < 1.29 is 19.1 Å². The number of ether oxygens (including phenoxy) is 1. The Kier molecular flexibility index (Phi) is 9.04. The van der Waals surface area contributed by atoms with Gasteiger partial charge in [0.05, 0.1) is 31.0 Å². The third-order valence-electron chi connectivity index (χ3n) is 4.54. The number of nitrogens with zero attached hydrogens (tertiary/aromatic N) is 3. The third-order valence-corrected chi connectivity index (χ3v) is 5.35. The topological polar surface area (TPSA) is 114 Å². The minimum Gasteiger partial charge on any atom is -0.383 e. The van der Waals surface area contributed by atoms with Crippen LogP contribution in [0.5, 0.6) is 0 Å². The maximum atomic E-state index is 12.8. The van der Waals surface area contributed by atoms with Gasteiger partial charge in [-0.1, -0.05) is 24.3 Å². The minimum atomic E-state index is -0.379. The zero-order valence-corrected chi connectivity index (χ0v) is 19.0. The zero-order valence-electron chi connectivity index (χ0n) is 18.2. The SMILES string of the molecule is COCCN(CC(=O)Nc1nc(CC(=O)NCc2ccccn2)cs1)C(=O)c1ccccc1. The number of nitrogens with one attached hydrogen (secondary N) is 2. The lowest BCUT2D eigenvalue weighted by Gasteiger charge is -2.21. The highest BCUT2D eigenvalue weighted by atomic mass is 32.1. The molecular weight excluding hydrogens is 442 g/mol. The van der Waals surface area contributed by atoms with E-state index in [0.717, 1.165) is 5.69 Å². The van der Waals surface area contributed by atoms with E-state index < -0.39 is 0 Å². The standard InChI is InChI=1S/C23H25N5O4S/c1-32-12-11-28(22(31)17-7-3-2-4-8-17)15-21(30)27-23-26-19(16-33-23)13-20(29)25-14-18-9-5-6-10-24-18/h2-10,16H,11-15H2,1H3,(H,25,29)(H,26,27,30). The quantitative estimate of drug-likeness (QED) is 0.447. The first-order valence-corrected chi connectivity index (χ1v) is 11.2. The van der Waals surface area contributed by atoms with Gasteiger partial charge in [-0.15, -0.1) is 11.3 Å². The number of methoxy groups -OCH3 is 1. The van der Waals surface area contributed by atoms with E-state index in [9.17, 15) is 14.4 Å². The second kappa shape index (κ2) is 12.4. The van der Waals surface area contributed by atoms with Crippen LogP contribution in [0.3, 0.4) is 0 Å². The second-order valence-corrected chi connectivity index (χ2v) is 7.91. The van der Waals surface area contributed by atoms with Crippen LogP contribution in [-0.4, -0.2) is 59.4 Å². The highest BCUT2D eigenvalue weighted by Gasteiger charge is 2.19. The number of aromatic nitrogens is 2. The molecule has 0 saturated carbocycles. The summed E-state index contributed by atoms with van der Waals surface area (Å²) in [5.41, 5.74) is 1.81. The predicted molar refractivity (Wildman–Crippen MR) is 125 cm³/mol. The third kappa shape index (κ3) is 7.78. The van der Waals surface area contributed by atoms with E-state index in [2.05, 4.69) is 20.6 Å². The fraction of sp³-hybridized carbons (Fsp3) is 0.261. The summed E-state index contributed by atoms with van der Waals surface area (Å²) in [4.78, 5) is 47.3. The average Bonchev–Trinajstić information content (AvgIpc) is 3.27. The number of rotatable bonds is 11. The van der Waals surface area contributed by atoms with E-state index in [-0.39, 0.29) is 37.2 Å². The molecule has 0 fully saturated rings. The maximum absolute atomic E-state index is 12.8. The molecule has 0 atom stereocenters. The van der Waals surface area contributed by atoms with Crippen molar-refractivity contribution >= 4 is 34.2 Å². The van der Waals surface area contributed by atoms with E-state index in [1.807, 2.05) is 24.3 Å². The summed E-state index contributed by atoms with van der Waals surface area (Å²) in [6.45, 7) is 0.773. The van der Waals surface area contributed by atoms with Crippen LogP contribution in [-0.2, 0) is 27.3 Å². The fourth-order valence-corrected chi connectivity index (χ4v) is 3.64. The van der Waals surface area contributed by atoms with Crippen molar-refractivity contribution in [3.8, 4) is 0 Å². The molecule has 1 aromatic carbocycles. The second-order valence-electron chi connectivity index (χ2n) is 7.05. The van der Waals surface area contributed by atoms with Crippen LogP contribution < -0.4 is 10.6 Å². The van der Waals surface area contributed by atoms with E-state index in [1.54, 1.807) is 35.8 Å². The number of thiazole rings is 1. The van der Waals surface area contributed by atoms with Crippen LogP contribution >= 0.6 is 11.3 Å². The van der Waals surface area contributed by atoms with Crippen LogP contribution in [0, 0.1) is 0 Å². The largest absolute Gasteiger partial charge is 0.383 e. The smallest absolute Gasteiger partial charge is 0.254 e. The highest BCUT2D eigenvalue weighted by molar-refractivity contribution is 7.13. The number of pyridine rings is 1. The molecular formula is C23H25N5O4S. The molecule has 9 nitrogen and oxygen atoms in total. The maximum Gasteiger partial charge on any atom is 0.254 e. The lowest BCUT2D eigenvalue weighted by atomic mass is 10.2. The number of hydrogen-bond donors (Lipinski definition) is 2. The average molecular weight is 468 g/mol. The molecule has 2 aromatic heterocycles. The Morgan fingerprint density at radius 2 is 1.82 bits per heavy atom. The molecule has 3 aromatic rings. The van der Waals surface area contributed by atoms with E-state index in [0.29, 0.717) is 29.5 Å². The normalized spacial score (nSPS) is 10.5. The predicted octanol–water partition coefficient (Wildman–Crippen LogP) is 2.12. The Morgan fingerprint density at radius 3 is 2.55 bits per heavy atom. The monoisotopic (exact) mass is 467 g/mol. The molecule has 0 saturated heterocycles. The summed E-state index contributed by atoms with van der Waals surface area (Å²) in [6.07, 6.45) is 1.76. The molecule has 2 heterocycles. The number of carbonyl (C=O) groups excluding carboxylic acids is 3. The Bertz CT molecular complexity index is 1060. The van der Waals surface area contributed by atoms with E-state index >= 15 is 0 Å². The number of amides is 3. The Morgan fingerprint density at radius 1 is 1.03 bits per heavy atom. The molecule has 3 rings (SSSR count). The molecule has 10 heteroatoms. The summed E-state index contributed by atoms with van der Waals surface area (Å²) in [5, 5.41) is 7.57. The van der Waals surface area contributed by atoms with Gasteiger partial charge in [0, 0.05) is 30.8 Å². The molecule has 0 unspecified atom stereocenters. The van der Waals surface area contributed by atoms with Crippen LogP contribution in [0.1, 0.15) is 21.7 Å². The first kappa shape index (κ1) is 24.0. The lowest BCUT2D eigenvalue weighted by molar-refractivity contribution is -0.120. The van der Waals surface area contributed by atoms with Crippen molar-refractivity contribution in [1.29, 1.82) is 0 Å². The van der Waals surface area contributed by atoms with Gasteiger partial charge >= 0.3 is 0 Å². The van der Waals surface area contributed by atoms with Crippen molar-refractivity contribution in [2.75, 3.05) is 32.1 Å². The van der Waals surface area contributed by atoms with Gasteiger partial charge < -0.3 is 20.3 Å². The molecule has 172 valence electrons. The number of benzene rings is 1. The summed E-state index contributed by atoms with van der Waals surface area (Å²) < 4.78 is 5.07. The van der Waals surface area contributed by atoms with Gasteiger partial charge in [0.1, 0.15) is 6.54 Å². The summed E-state index contributed by atoms with van der Waals surface area (Å²) in [6, 6.07) is 14.3. The van der Waals surface area contributed by atoms with Crippen molar-refractivity contribution in [2.24, 2.45) is 0 Å². The molecule has 0 spiro atoms. The van der Waals surface area contributed by atoms with Crippen LogP contribution in [0.4, 0.5) is 5.13 Å². The molecule has 0 aliphatic heterocycles. The van der Waals surface area contributed by atoms with Crippen LogP contribution in [0.25, 0.3) is 0 Å². The molecule has 2 N–H and O–H groups in total. The van der Waals surface area contributed by atoms with E-state index in [1.165, 1.54) is 23.3 Å². The van der Waals surface area contributed by atoms with Crippen molar-refractivity contribution in [2.45, 2.75) is 13.0 Å². The lowest BCUT2D eigenvalue weighted by Crippen LogP contribution is -2.40. The number of hydrogen-bond acceptors (Lipinski definition) is 7. The van der Waals surface area contributed by atoms with Crippen LogP contribution in [0.15, 0.2) is 60.1 Å². The van der Waals surface area contributed by atoms with Crippen LogP contribution in [0.2, 0.25) is 0 Å². The molecule has 0 radical (unpaired) electrons. The number of anilines is 1. The summed E-state index contributed by atoms with van der Waals surface area (Å²) in [7, 11) is 1.54. The van der Waals surface area contributed by atoms with Gasteiger partial charge in [-0.05, 0) is 24.3 Å². The minimum absolute atomic E-state index is 0.0889. The Balaban J connectivity index is 1.51. The van der Waals surface area contributed by atoms with Gasteiger partial charge in [-0.2, -0.15) is 0 Å². The highest BCUT2D eigenvalue weighted by Crippen LogP contribution is 2.16. The van der Waals surface area contributed by atoms with Crippen molar-refractivity contribution in [3.63, 3.8) is 0 Å². The van der Waals surface area contributed by atoms with Gasteiger partial charge in [-0.3, -0.25) is 19.4 Å². The first-order chi connectivity index (χ1) is 16.0. The van der Waals surface area contributed by atoms with Crippen molar-refractivity contribution in [1.82, 2.24) is 20.2 Å².